The Morgan fingerprint density at radius 3 is 2.78 bits per heavy atom. The van der Waals surface area contributed by atoms with Crippen molar-refractivity contribution >= 4 is 28.1 Å². The molecular formula is C18H20N4O4S. The number of ether oxygens (including phenoxy) is 1. The molecule has 1 atom stereocenters. The molecule has 0 amide bonds. The minimum Gasteiger partial charge on any atom is -0.465 e. The van der Waals surface area contributed by atoms with E-state index in [1.165, 1.54) is 17.6 Å². The first-order valence-corrected chi connectivity index (χ1v) is 9.34. The maximum Gasteiger partial charge on any atom is 0.339 e. The molecule has 1 N–H and O–H groups in total. The first-order chi connectivity index (χ1) is 13.0. The number of aryl methyl sites for hydroxylation is 1. The highest BCUT2D eigenvalue weighted by Crippen LogP contribution is 2.19. The number of methoxy groups -OCH3 is 1. The molecule has 0 saturated heterocycles. The number of nitrogens with zero attached hydrogens (tertiary/aromatic N) is 4. The van der Waals surface area contributed by atoms with Gasteiger partial charge in [0.1, 0.15) is 0 Å². The Kier molecular flexibility index (Phi) is 5.94. The number of carbonyl (C=O) groups excluding carboxylic acids is 1. The van der Waals surface area contributed by atoms with E-state index in [2.05, 4.69) is 14.8 Å². The lowest BCUT2D eigenvalue weighted by Crippen LogP contribution is -2.28. The number of esters is 1. The summed E-state index contributed by atoms with van der Waals surface area (Å²) in [4.78, 5) is 15.6. The first-order valence-electron chi connectivity index (χ1n) is 8.28. The molecule has 8 nitrogen and oxygen atoms in total. The number of hydrogen-bond acceptors (Lipinski definition) is 5. The summed E-state index contributed by atoms with van der Waals surface area (Å²) in [5, 5.41) is 5.29. The zero-order chi connectivity index (χ0) is 19.4. The van der Waals surface area contributed by atoms with Gasteiger partial charge in [-0.15, -0.1) is 0 Å². The fourth-order valence-electron chi connectivity index (χ4n) is 2.85. The molecule has 3 rings (SSSR count). The highest BCUT2D eigenvalue weighted by Gasteiger charge is 2.15. The van der Waals surface area contributed by atoms with Crippen LogP contribution in [0, 0.1) is 0 Å². The SMILES string of the molecule is COC(=O)c1ccc(CN(CCc2cccc3c2cnn3C)S(=O)O)nc1. The largest absolute Gasteiger partial charge is 0.465 e. The second-order valence-corrected chi connectivity index (χ2v) is 6.97. The number of fused-ring (bicyclic) bond motifs is 1. The lowest BCUT2D eigenvalue weighted by molar-refractivity contribution is 0.0600. The summed E-state index contributed by atoms with van der Waals surface area (Å²) < 4.78 is 29.2. The molecule has 1 aromatic carbocycles. The molecule has 0 bridgehead atoms. The van der Waals surface area contributed by atoms with Gasteiger partial charge in [0.25, 0.3) is 0 Å². The molecule has 0 spiro atoms. The van der Waals surface area contributed by atoms with Crippen molar-refractivity contribution in [1.82, 2.24) is 19.1 Å². The number of rotatable bonds is 7. The maximum absolute atomic E-state index is 11.7. The number of aromatic nitrogens is 3. The van der Waals surface area contributed by atoms with Crippen LogP contribution in [-0.4, -0.2) is 47.5 Å². The van der Waals surface area contributed by atoms with Crippen LogP contribution in [0.1, 0.15) is 21.6 Å². The minimum absolute atomic E-state index is 0.188. The fourth-order valence-corrected chi connectivity index (χ4v) is 3.34. The van der Waals surface area contributed by atoms with Crippen LogP contribution in [0.25, 0.3) is 10.9 Å². The number of carbonyl (C=O) groups is 1. The molecule has 0 fully saturated rings. The van der Waals surface area contributed by atoms with Gasteiger partial charge in [-0.25, -0.2) is 9.00 Å². The smallest absolute Gasteiger partial charge is 0.339 e. The van der Waals surface area contributed by atoms with Gasteiger partial charge in [0.2, 0.25) is 11.3 Å². The predicted octanol–water partition coefficient (Wildman–Crippen LogP) is 1.94. The van der Waals surface area contributed by atoms with Gasteiger partial charge in [-0.1, -0.05) is 12.1 Å². The Morgan fingerprint density at radius 2 is 2.11 bits per heavy atom. The van der Waals surface area contributed by atoms with Crippen molar-refractivity contribution in [2.24, 2.45) is 7.05 Å². The molecule has 9 heteroatoms. The second kappa shape index (κ2) is 8.38. The molecule has 0 radical (unpaired) electrons. The quantitative estimate of drug-likeness (QED) is 0.491. The molecule has 1 unspecified atom stereocenters. The molecule has 0 saturated carbocycles. The molecule has 3 aromatic rings. The Hall–Kier alpha value is -2.62. The van der Waals surface area contributed by atoms with E-state index in [1.54, 1.807) is 23.0 Å². The standard InChI is InChI=1S/C18H20N4O4S/c1-21-17-5-3-4-13(16(17)11-20-21)8-9-22(27(24)25)12-15-7-6-14(10-19-15)18(23)26-2/h3-7,10-11H,8-9,12H2,1-2H3,(H,24,25). The van der Waals surface area contributed by atoms with Gasteiger partial charge in [-0.3, -0.25) is 14.2 Å². The van der Waals surface area contributed by atoms with Crippen molar-refractivity contribution < 1.29 is 18.3 Å². The lowest BCUT2D eigenvalue weighted by Gasteiger charge is -2.17. The van der Waals surface area contributed by atoms with Gasteiger partial charge in [0.05, 0.1) is 36.6 Å². The van der Waals surface area contributed by atoms with Gasteiger partial charge < -0.3 is 4.74 Å². The van der Waals surface area contributed by atoms with Crippen molar-refractivity contribution in [2.75, 3.05) is 13.7 Å². The van der Waals surface area contributed by atoms with Gasteiger partial charge >= 0.3 is 5.97 Å². The summed E-state index contributed by atoms with van der Waals surface area (Å²) in [5.41, 5.74) is 3.00. The summed E-state index contributed by atoms with van der Waals surface area (Å²) in [6.45, 7) is 0.561. The Labute approximate surface area is 159 Å². The third kappa shape index (κ3) is 4.38. The fraction of sp³-hybridized carbons (Fsp3) is 0.278. The molecule has 0 aliphatic carbocycles. The van der Waals surface area contributed by atoms with Crippen molar-refractivity contribution in [3.8, 4) is 0 Å². The summed E-state index contributed by atoms with van der Waals surface area (Å²) in [6.07, 6.45) is 3.80. The normalized spacial score (nSPS) is 12.4. The van der Waals surface area contributed by atoms with E-state index < -0.39 is 17.2 Å². The van der Waals surface area contributed by atoms with E-state index in [-0.39, 0.29) is 6.54 Å². The molecule has 2 aromatic heterocycles. The van der Waals surface area contributed by atoms with Crippen LogP contribution < -0.4 is 0 Å². The van der Waals surface area contributed by atoms with Crippen molar-refractivity contribution in [3.05, 3.63) is 59.5 Å². The van der Waals surface area contributed by atoms with Crippen molar-refractivity contribution in [2.45, 2.75) is 13.0 Å². The van der Waals surface area contributed by atoms with E-state index in [4.69, 9.17) is 0 Å². The molecule has 27 heavy (non-hydrogen) atoms. The average Bonchev–Trinajstić information content (AvgIpc) is 3.06. The van der Waals surface area contributed by atoms with Crippen LogP contribution in [0.2, 0.25) is 0 Å². The van der Waals surface area contributed by atoms with Crippen LogP contribution in [0.5, 0.6) is 0 Å². The Bertz CT molecular complexity index is 971. The van der Waals surface area contributed by atoms with Gasteiger partial charge in [0.15, 0.2) is 0 Å². The average molecular weight is 388 g/mol. The van der Waals surface area contributed by atoms with Gasteiger partial charge in [0, 0.05) is 25.2 Å². The van der Waals surface area contributed by atoms with E-state index >= 15 is 0 Å². The van der Waals surface area contributed by atoms with E-state index in [9.17, 15) is 13.6 Å². The summed E-state index contributed by atoms with van der Waals surface area (Å²) in [7, 11) is 3.18. The van der Waals surface area contributed by atoms with E-state index in [0.29, 0.717) is 24.2 Å². The monoisotopic (exact) mass is 388 g/mol. The van der Waals surface area contributed by atoms with Crippen LogP contribution in [0.4, 0.5) is 0 Å². The topological polar surface area (TPSA) is 97.6 Å². The second-order valence-electron chi connectivity index (χ2n) is 5.99. The number of benzene rings is 1. The van der Waals surface area contributed by atoms with Crippen molar-refractivity contribution in [3.63, 3.8) is 0 Å². The highest BCUT2D eigenvalue weighted by atomic mass is 32.2. The number of hydrogen-bond donors (Lipinski definition) is 1. The minimum atomic E-state index is -2.14. The molecule has 0 aliphatic rings. The molecule has 2 heterocycles. The summed E-state index contributed by atoms with van der Waals surface area (Å²) in [6, 6.07) is 9.16. The van der Waals surface area contributed by atoms with Crippen LogP contribution in [-0.2, 0) is 36.0 Å². The third-order valence-corrected chi connectivity index (χ3v) is 5.07. The molecular weight excluding hydrogens is 368 g/mol. The zero-order valence-electron chi connectivity index (χ0n) is 15.0. The van der Waals surface area contributed by atoms with E-state index in [1.807, 2.05) is 25.2 Å². The lowest BCUT2D eigenvalue weighted by atomic mass is 10.1. The first kappa shape index (κ1) is 19.2. The van der Waals surface area contributed by atoms with Gasteiger partial charge in [-0.2, -0.15) is 9.40 Å². The predicted molar refractivity (Wildman–Crippen MR) is 101 cm³/mol. The van der Waals surface area contributed by atoms with Crippen LogP contribution >= 0.6 is 0 Å². The van der Waals surface area contributed by atoms with Gasteiger partial charge in [-0.05, 0) is 30.2 Å². The number of pyridine rings is 1. The van der Waals surface area contributed by atoms with Crippen LogP contribution in [0.15, 0.2) is 42.7 Å². The van der Waals surface area contributed by atoms with Crippen molar-refractivity contribution in [1.29, 1.82) is 0 Å². The highest BCUT2D eigenvalue weighted by molar-refractivity contribution is 7.76. The summed E-state index contributed by atoms with van der Waals surface area (Å²) >= 11 is -2.14. The maximum atomic E-state index is 11.7. The van der Waals surface area contributed by atoms with E-state index in [0.717, 1.165) is 16.5 Å². The Morgan fingerprint density at radius 1 is 1.30 bits per heavy atom. The Balaban J connectivity index is 1.70. The molecule has 142 valence electrons. The molecule has 0 aliphatic heterocycles. The zero-order valence-corrected chi connectivity index (χ0v) is 15.8. The summed E-state index contributed by atoms with van der Waals surface area (Å²) in [5.74, 6) is -0.471. The van der Waals surface area contributed by atoms with Crippen LogP contribution in [0.3, 0.4) is 0 Å². The third-order valence-electron chi connectivity index (χ3n) is 4.32.